The Morgan fingerprint density at radius 3 is 2.82 bits per heavy atom. The van der Waals surface area contributed by atoms with Gasteiger partial charge in [-0.1, -0.05) is 17.7 Å². The van der Waals surface area contributed by atoms with Crippen LogP contribution in [-0.2, 0) is 6.54 Å². The molecule has 0 aliphatic rings. The van der Waals surface area contributed by atoms with Crippen molar-refractivity contribution in [2.45, 2.75) is 13.5 Å². The minimum atomic E-state index is -0.984. The Morgan fingerprint density at radius 2 is 2.24 bits per heavy atom. The van der Waals surface area contributed by atoms with Crippen LogP contribution >= 0.6 is 11.6 Å². The van der Waals surface area contributed by atoms with Crippen LogP contribution in [0.5, 0.6) is 0 Å². The number of nitrogens with zero attached hydrogens (tertiary/aromatic N) is 2. The average Bonchev–Trinajstić information content (AvgIpc) is 2.76. The van der Waals surface area contributed by atoms with E-state index in [1.807, 2.05) is 17.7 Å². The molecule has 4 nitrogen and oxygen atoms in total. The van der Waals surface area contributed by atoms with Gasteiger partial charge in [0, 0.05) is 18.3 Å². The van der Waals surface area contributed by atoms with Crippen molar-refractivity contribution in [2.24, 2.45) is 0 Å². The zero-order valence-corrected chi connectivity index (χ0v) is 9.98. The summed E-state index contributed by atoms with van der Waals surface area (Å²) in [7, 11) is 0. The van der Waals surface area contributed by atoms with Gasteiger partial charge >= 0.3 is 5.97 Å². The fourth-order valence-corrected chi connectivity index (χ4v) is 1.95. The van der Waals surface area contributed by atoms with E-state index in [0.717, 1.165) is 17.8 Å². The molecule has 0 radical (unpaired) electrons. The van der Waals surface area contributed by atoms with E-state index in [-0.39, 0.29) is 5.56 Å². The number of aromatic carboxylic acids is 1. The summed E-state index contributed by atoms with van der Waals surface area (Å²) in [5.41, 5.74) is 1.85. The van der Waals surface area contributed by atoms with E-state index in [4.69, 9.17) is 16.7 Å². The normalized spacial score (nSPS) is 10.5. The third-order valence-corrected chi connectivity index (χ3v) is 2.82. The molecule has 0 saturated heterocycles. The molecule has 5 heteroatoms. The van der Waals surface area contributed by atoms with Crippen LogP contribution in [0.3, 0.4) is 0 Å². The Kier molecular flexibility index (Phi) is 3.15. The molecule has 1 aromatic carbocycles. The lowest BCUT2D eigenvalue weighted by molar-refractivity contribution is 0.0697. The lowest BCUT2D eigenvalue weighted by Crippen LogP contribution is -2.00. The second-order valence-corrected chi connectivity index (χ2v) is 3.94. The number of hydrogen-bond acceptors (Lipinski definition) is 2. The number of carboxylic acids is 1. The maximum absolute atomic E-state index is 10.8. The number of rotatable bonds is 3. The van der Waals surface area contributed by atoms with E-state index in [1.54, 1.807) is 12.3 Å². The van der Waals surface area contributed by atoms with Crippen LogP contribution in [0, 0.1) is 0 Å². The molecule has 0 fully saturated rings. The van der Waals surface area contributed by atoms with Crippen LogP contribution in [0.1, 0.15) is 17.3 Å². The van der Waals surface area contributed by atoms with Crippen LogP contribution in [-0.4, -0.2) is 20.9 Å². The number of halogens is 1. The molecule has 88 valence electrons. The molecule has 0 spiro atoms. The summed E-state index contributed by atoms with van der Waals surface area (Å²) >= 11 is 6.09. The summed E-state index contributed by atoms with van der Waals surface area (Å²) < 4.78 is 1.81. The van der Waals surface area contributed by atoms with Gasteiger partial charge in [0.2, 0.25) is 0 Å². The predicted octanol–water partition coefficient (Wildman–Crippen LogP) is 2.92. The van der Waals surface area contributed by atoms with Gasteiger partial charge in [-0.15, -0.1) is 0 Å². The van der Waals surface area contributed by atoms with E-state index in [0.29, 0.717) is 5.02 Å². The van der Waals surface area contributed by atoms with Crippen LogP contribution in [0.2, 0.25) is 5.02 Å². The molecule has 0 unspecified atom stereocenters. The summed E-state index contributed by atoms with van der Waals surface area (Å²) in [4.78, 5) is 10.8. The largest absolute Gasteiger partial charge is 0.478 e. The number of aryl methyl sites for hydroxylation is 1. The maximum Gasteiger partial charge on any atom is 0.335 e. The van der Waals surface area contributed by atoms with Crippen LogP contribution in [0.25, 0.3) is 11.3 Å². The number of carboxylic acid groups (broad SMARTS) is 1. The third-order valence-electron chi connectivity index (χ3n) is 2.51. The first-order chi connectivity index (χ1) is 8.13. The molecule has 0 amide bonds. The summed E-state index contributed by atoms with van der Waals surface area (Å²) in [5, 5.41) is 13.4. The Morgan fingerprint density at radius 1 is 1.47 bits per heavy atom. The zero-order valence-electron chi connectivity index (χ0n) is 9.22. The van der Waals surface area contributed by atoms with Gasteiger partial charge in [-0.3, -0.25) is 4.68 Å². The van der Waals surface area contributed by atoms with Crippen molar-refractivity contribution >= 4 is 17.6 Å². The molecule has 0 atom stereocenters. The Labute approximate surface area is 103 Å². The molecule has 2 rings (SSSR count). The summed E-state index contributed by atoms with van der Waals surface area (Å²) in [6, 6.07) is 6.54. The molecular formula is C12H11ClN2O2. The van der Waals surface area contributed by atoms with Crippen molar-refractivity contribution in [3.05, 3.63) is 41.0 Å². The number of benzene rings is 1. The van der Waals surface area contributed by atoms with Crippen molar-refractivity contribution in [3.63, 3.8) is 0 Å². The summed E-state index contributed by atoms with van der Waals surface area (Å²) in [5.74, 6) is -0.984. The lowest BCUT2D eigenvalue weighted by atomic mass is 10.1. The van der Waals surface area contributed by atoms with Gasteiger partial charge in [-0.25, -0.2) is 4.79 Å². The van der Waals surface area contributed by atoms with Crippen LogP contribution in [0.4, 0.5) is 0 Å². The lowest BCUT2D eigenvalue weighted by Gasteiger charge is -2.07. The zero-order chi connectivity index (χ0) is 12.4. The first kappa shape index (κ1) is 11.7. The molecule has 0 saturated carbocycles. The second-order valence-electron chi connectivity index (χ2n) is 3.53. The molecule has 17 heavy (non-hydrogen) atoms. The van der Waals surface area contributed by atoms with Gasteiger partial charge < -0.3 is 5.11 Å². The molecule has 2 aromatic rings. The van der Waals surface area contributed by atoms with Gasteiger partial charge in [-0.05, 0) is 25.1 Å². The van der Waals surface area contributed by atoms with Gasteiger partial charge in [-0.2, -0.15) is 5.10 Å². The van der Waals surface area contributed by atoms with E-state index in [1.165, 1.54) is 12.1 Å². The molecule has 0 bridgehead atoms. The molecule has 1 heterocycles. The van der Waals surface area contributed by atoms with Crippen molar-refractivity contribution in [1.29, 1.82) is 0 Å². The fourth-order valence-electron chi connectivity index (χ4n) is 1.67. The number of carbonyl (C=O) groups is 1. The van der Waals surface area contributed by atoms with Crippen molar-refractivity contribution in [3.8, 4) is 11.3 Å². The van der Waals surface area contributed by atoms with E-state index in [9.17, 15) is 4.79 Å². The molecular weight excluding hydrogens is 240 g/mol. The molecule has 0 aliphatic heterocycles. The van der Waals surface area contributed by atoms with Gasteiger partial charge in [0.05, 0.1) is 16.3 Å². The predicted molar refractivity (Wildman–Crippen MR) is 65.3 cm³/mol. The smallest absolute Gasteiger partial charge is 0.335 e. The summed E-state index contributed by atoms with van der Waals surface area (Å²) in [6.45, 7) is 2.72. The molecule has 1 N–H and O–H groups in total. The van der Waals surface area contributed by atoms with E-state index < -0.39 is 5.97 Å². The number of hydrogen-bond donors (Lipinski definition) is 1. The highest BCUT2D eigenvalue weighted by atomic mass is 35.5. The van der Waals surface area contributed by atoms with Gasteiger partial charge in [0.25, 0.3) is 0 Å². The highest BCUT2D eigenvalue weighted by Crippen LogP contribution is 2.28. The Hall–Kier alpha value is -1.81. The Bertz CT molecular complexity index is 563. The van der Waals surface area contributed by atoms with Gasteiger partial charge in [0.15, 0.2) is 0 Å². The highest BCUT2D eigenvalue weighted by Gasteiger charge is 2.11. The fraction of sp³-hybridized carbons (Fsp3) is 0.167. The number of aromatic nitrogens is 2. The quantitative estimate of drug-likeness (QED) is 0.911. The van der Waals surface area contributed by atoms with E-state index >= 15 is 0 Å². The van der Waals surface area contributed by atoms with Crippen molar-refractivity contribution in [1.82, 2.24) is 9.78 Å². The van der Waals surface area contributed by atoms with Crippen molar-refractivity contribution < 1.29 is 9.90 Å². The van der Waals surface area contributed by atoms with Crippen molar-refractivity contribution in [2.75, 3.05) is 0 Å². The molecule has 0 aliphatic carbocycles. The third kappa shape index (κ3) is 2.17. The minimum absolute atomic E-state index is 0.182. The van der Waals surface area contributed by atoms with E-state index in [2.05, 4.69) is 5.10 Å². The summed E-state index contributed by atoms with van der Waals surface area (Å²) in [6.07, 6.45) is 1.69. The average molecular weight is 251 g/mol. The minimum Gasteiger partial charge on any atom is -0.478 e. The first-order valence-electron chi connectivity index (χ1n) is 5.18. The van der Waals surface area contributed by atoms with Crippen LogP contribution < -0.4 is 0 Å². The molecule has 1 aromatic heterocycles. The Balaban J connectivity index is 2.50. The topological polar surface area (TPSA) is 55.1 Å². The first-order valence-corrected chi connectivity index (χ1v) is 5.56. The SMILES string of the molecule is CCn1nccc1-c1ccc(C(=O)O)cc1Cl. The van der Waals surface area contributed by atoms with Crippen LogP contribution in [0.15, 0.2) is 30.5 Å². The maximum atomic E-state index is 10.8. The van der Waals surface area contributed by atoms with Gasteiger partial charge in [0.1, 0.15) is 0 Å². The monoisotopic (exact) mass is 250 g/mol. The second kappa shape index (κ2) is 4.59. The standard InChI is InChI=1S/C12H11ClN2O2/c1-2-15-11(5-6-14-15)9-4-3-8(12(16)17)7-10(9)13/h3-7H,2H2,1H3,(H,16,17). The highest BCUT2D eigenvalue weighted by molar-refractivity contribution is 6.33.